The van der Waals surface area contributed by atoms with Crippen molar-refractivity contribution in [2.75, 3.05) is 31.3 Å². The van der Waals surface area contributed by atoms with E-state index in [-0.39, 0.29) is 5.69 Å². The van der Waals surface area contributed by atoms with E-state index in [1.165, 1.54) is 0 Å². The molecule has 0 unspecified atom stereocenters. The van der Waals surface area contributed by atoms with Gasteiger partial charge in [-0.2, -0.15) is 5.26 Å². The van der Waals surface area contributed by atoms with Crippen LogP contribution in [0.2, 0.25) is 0 Å². The normalized spacial score (nSPS) is 9.60. The first-order chi connectivity index (χ1) is 7.27. The van der Waals surface area contributed by atoms with Crippen LogP contribution in [0.4, 0.5) is 11.5 Å². The van der Waals surface area contributed by atoms with Gasteiger partial charge in [-0.15, -0.1) is 0 Å². The molecule has 0 saturated carbocycles. The maximum absolute atomic E-state index is 8.71. The zero-order chi connectivity index (χ0) is 11.1. The number of pyridine rings is 1. The van der Waals surface area contributed by atoms with Crippen LogP contribution in [0, 0.1) is 11.3 Å². The number of hydrogen-bond donors (Lipinski definition) is 2. The van der Waals surface area contributed by atoms with E-state index in [4.69, 9.17) is 15.7 Å². The number of ether oxygens (including phenoxy) is 1. The lowest BCUT2D eigenvalue weighted by atomic mass is 10.3. The lowest BCUT2D eigenvalue weighted by Gasteiger charge is -2.05. The van der Waals surface area contributed by atoms with Crippen LogP contribution in [0.5, 0.6) is 0 Å². The van der Waals surface area contributed by atoms with Gasteiger partial charge < -0.3 is 15.8 Å². The number of rotatable bonds is 5. The lowest BCUT2D eigenvalue weighted by Crippen LogP contribution is -2.07. The standard InChI is InChI=1S/C10H14N4O/c1-15-6-2-5-13-10-4-3-8(12)9(7-11)14-10/h3-4H,2,5-6,12H2,1H3,(H,13,14). The average molecular weight is 206 g/mol. The molecule has 0 fully saturated rings. The zero-order valence-corrected chi connectivity index (χ0v) is 8.66. The van der Waals surface area contributed by atoms with Crippen molar-refractivity contribution in [2.24, 2.45) is 0 Å². The first kappa shape index (κ1) is 11.3. The van der Waals surface area contributed by atoms with Crippen LogP contribution in [-0.4, -0.2) is 25.2 Å². The molecule has 1 aromatic heterocycles. The molecule has 0 saturated heterocycles. The van der Waals surface area contributed by atoms with Gasteiger partial charge in [-0.25, -0.2) is 4.98 Å². The van der Waals surface area contributed by atoms with Crippen molar-refractivity contribution in [1.82, 2.24) is 4.98 Å². The van der Waals surface area contributed by atoms with Gasteiger partial charge in [-0.3, -0.25) is 0 Å². The van der Waals surface area contributed by atoms with Crippen LogP contribution >= 0.6 is 0 Å². The highest BCUT2D eigenvalue weighted by molar-refractivity contribution is 5.54. The predicted octanol–water partition coefficient (Wildman–Crippen LogP) is 0.984. The fourth-order valence-corrected chi connectivity index (χ4v) is 1.09. The second-order valence-electron chi connectivity index (χ2n) is 3.02. The topological polar surface area (TPSA) is 84.0 Å². The van der Waals surface area contributed by atoms with Gasteiger partial charge in [-0.05, 0) is 18.6 Å². The number of nitrogen functional groups attached to an aromatic ring is 1. The number of anilines is 2. The van der Waals surface area contributed by atoms with E-state index in [2.05, 4.69) is 10.3 Å². The largest absolute Gasteiger partial charge is 0.396 e. The van der Waals surface area contributed by atoms with E-state index in [0.29, 0.717) is 18.1 Å². The van der Waals surface area contributed by atoms with Crippen molar-refractivity contribution >= 4 is 11.5 Å². The summed E-state index contributed by atoms with van der Waals surface area (Å²) in [6.45, 7) is 1.46. The molecule has 0 spiro atoms. The highest BCUT2D eigenvalue weighted by Crippen LogP contribution is 2.11. The monoisotopic (exact) mass is 206 g/mol. The molecule has 0 atom stereocenters. The van der Waals surface area contributed by atoms with Crippen molar-refractivity contribution in [3.05, 3.63) is 17.8 Å². The van der Waals surface area contributed by atoms with Crippen LogP contribution in [0.15, 0.2) is 12.1 Å². The molecule has 0 amide bonds. The summed E-state index contributed by atoms with van der Waals surface area (Å²) in [4.78, 5) is 4.05. The minimum atomic E-state index is 0.256. The van der Waals surface area contributed by atoms with Crippen molar-refractivity contribution in [1.29, 1.82) is 5.26 Å². The molecule has 0 aliphatic rings. The van der Waals surface area contributed by atoms with Gasteiger partial charge in [0.25, 0.3) is 0 Å². The smallest absolute Gasteiger partial charge is 0.165 e. The number of nitriles is 1. The van der Waals surface area contributed by atoms with Gasteiger partial charge in [0, 0.05) is 20.3 Å². The molecule has 5 heteroatoms. The van der Waals surface area contributed by atoms with Gasteiger partial charge in [-0.1, -0.05) is 0 Å². The number of hydrogen-bond acceptors (Lipinski definition) is 5. The molecular formula is C10H14N4O. The van der Waals surface area contributed by atoms with Crippen molar-refractivity contribution in [3.63, 3.8) is 0 Å². The first-order valence-electron chi connectivity index (χ1n) is 4.67. The maximum Gasteiger partial charge on any atom is 0.165 e. The summed E-state index contributed by atoms with van der Waals surface area (Å²) in [6.07, 6.45) is 0.893. The molecule has 0 aliphatic heterocycles. The summed E-state index contributed by atoms with van der Waals surface area (Å²) in [6, 6.07) is 5.36. The van der Waals surface area contributed by atoms with Gasteiger partial charge in [0.2, 0.25) is 0 Å². The zero-order valence-electron chi connectivity index (χ0n) is 8.66. The molecular weight excluding hydrogens is 192 g/mol. The Balaban J connectivity index is 2.52. The second kappa shape index (κ2) is 5.83. The molecule has 5 nitrogen and oxygen atoms in total. The number of methoxy groups -OCH3 is 1. The molecule has 0 bridgehead atoms. The van der Waals surface area contributed by atoms with Gasteiger partial charge in [0.05, 0.1) is 5.69 Å². The highest BCUT2D eigenvalue weighted by Gasteiger charge is 2.00. The van der Waals surface area contributed by atoms with E-state index in [1.807, 2.05) is 6.07 Å². The summed E-state index contributed by atoms with van der Waals surface area (Å²) >= 11 is 0. The van der Waals surface area contributed by atoms with E-state index >= 15 is 0 Å². The van der Waals surface area contributed by atoms with Crippen LogP contribution in [0.1, 0.15) is 12.1 Å². The summed E-state index contributed by atoms with van der Waals surface area (Å²) in [5, 5.41) is 11.8. The van der Waals surface area contributed by atoms with Crippen LogP contribution < -0.4 is 11.1 Å². The summed E-state index contributed by atoms with van der Waals surface area (Å²) in [7, 11) is 1.66. The summed E-state index contributed by atoms with van der Waals surface area (Å²) < 4.78 is 4.91. The Morgan fingerprint density at radius 1 is 1.60 bits per heavy atom. The van der Waals surface area contributed by atoms with E-state index in [1.54, 1.807) is 19.2 Å². The Kier molecular flexibility index (Phi) is 4.38. The quantitative estimate of drug-likeness (QED) is 0.702. The number of nitrogens with one attached hydrogen (secondary N) is 1. The Hall–Kier alpha value is -1.80. The second-order valence-corrected chi connectivity index (χ2v) is 3.02. The van der Waals surface area contributed by atoms with Crippen molar-refractivity contribution in [3.8, 4) is 6.07 Å². The number of aromatic nitrogens is 1. The third-order valence-electron chi connectivity index (χ3n) is 1.86. The minimum Gasteiger partial charge on any atom is -0.396 e. The molecule has 1 rings (SSSR count). The summed E-state index contributed by atoms with van der Waals surface area (Å²) in [5.41, 5.74) is 6.20. The minimum absolute atomic E-state index is 0.256. The molecule has 0 aromatic carbocycles. The number of nitrogens with zero attached hydrogens (tertiary/aromatic N) is 2. The molecule has 1 aromatic rings. The fraction of sp³-hybridized carbons (Fsp3) is 0.400. The van der Waals surface area contributed by atoms with Crippen LogP contribution in [0.25, 0.3) is 0 Å². The molecule has 0 radical (unpaired) electrons. The Morgan fingerprint density at radius 3 is 3.07 bits per heavy atom. The Morgan fingerprint density at radius 2 is 2.40 bits per heavy atom. The fourth-order valence-electron chi connectivity index (χ4n) is 1.09. The van der Waals surface area contributed by atoms with Crippen molar-refractivity contribution < 1.29 is 4.74 Å². The molecule has 1 heterocycles. The predicted molar refractivity (Wildman–Crippen MR) is 58.3 cm³/mol. The van der Waals surface area contributed by atoms with E-state index in [9.17, 15) is 0 Å². The third kappa shape index (κ3) is 3.44. The average Bonchev–Trinajstić information content (AvgIpc) is 2.26. The SMILES string of the molecule is COCCCNc1ccc(N)c(C#N)n1. The van der Waals surface area contributed by atoms with Gasteiger partial charge in [0.15, 0.2) is 5.69 Å². The Labute approximate surface area is 88.9 Å². The molecule has 3 N–H and O–H groups in total. The molecule has 0 aliphatic carbocycles. The summed E-state index contributed by atoms with van der Waals surface area (Å²) in [5.74, 6) is 0.664. The molecule has 15 heavy (non-hydrogen) atoms. The van der Waals surface area contributed by atoms with Crippen LogP contribution in [0.3, 0.4) is 0 Å². The highest BCUT2D eigenvalue weighted by atomic mass is 16.5. The van der Waals surface area contributed by atoms with Gasteiger partial charge in [0.1, 0.15) is 11.9 Å². The van der Waals surface area contributed by atoms with Gasteiger partial charge >= 0.3 is 0 Å². The van der Waals surface area contributed by atoms with Crippen molar-refractivity contribution in [2.45, 2.75) is 6.42 Å². The Bertz CT molecular complexity index is 359. The number of nitrogens with two attached hydrogens (primary N) is 1. The van der Waals surface area contributed by atoms with E-state index < -0.39 is 0 Å². The molecule has 80 valence electrons. The van der Waals surface area contributed by atoms with Crippen LogP contribution in [-0.2, 0) is 4.74 Å². The lowest BCUT2D eigenvalue weighted by molar-refractivity contribution is 0.198. The first-order valence-corrected chi connectivity index (χ1v) is 4.67. The third-order valence-corrected chi connectivity index (χ3v) is 1.86. The maximum atomic E-state index is 8.71. The van der Waals surface area contributed by atoms with E-state index in [0.717, 1.165) is 13.0 Å².